The molecule has 1 amide bonds. The average molecular weight is 250 g/mol. The molecule has 6 nitrogen and oxygen atoms in total. The summed E-state index contributed by atoms with van der Waals surface area (Å²) >= 11 is 0. The first-order valence-electron chi connectivity index (χ1n) is 5.17. The van der Waals surface area contributed by atoms with Crippen molar-refractivity contribution in [1.29, 1.82) is 0 Å². The molecule has 1 rings (SSSR count). The van der Waals surface area contributed by atoms with Gasteiger partial charge in [0.1, 0.15) is 6.61 Å². The topological polar surface area (TPSA) is 75.7 Å². The minimum atomic E-state index is -3.16. The van der Waals surface area contributed by atoms with Crippen LogP contribution in [0, 0.1) is 0 Å². The Bertz CT molecular complexity index is 341. The van der Waals surface area contributed by atoms with Crippen molar-refractivity contribution in [1.82, 2.24) is 9.62 Å². The fourth-order valence-corrected chi connectivity index (χ4v) is 2.67. The smallest absolute Gasteiger partial charge is 0.246 e. The van der Waals surface area contributed by atoms with Crippen molar-refractivity contribution in [3.8, 4) is 0 Å². The molecule has 0 aromatic carbocycles. The van der Waals surface area contributed by atoms with Crippen LogP contribution in [-0.2, 0) is 19.6 Å². The van der Waals surface area contributed by atoms with Crippen molar-refractivity contribution in [2.45, 2.75) is 18.9 Å². The largest absolute Gasteiger partial charge is 0.375 e. The Morgan fingerprint density at radius 2 is 2.25 bits per heavy atom. The molecule has 0 radical (unpaired) electrons. The first-order chi connectivity index (χ1) is 7.43. The number of amides is 1. The molecule has 94 valence electrons. The summed E-state index contributed by atoms with van der Waals surface area (Å²) < 4.78 is 28.8. The van der Waals surface area contributed by atoms with Crippen LogP contribution in [-0.4, -0.2) is 57.7 Å². The Labute approximate surface area is 96.0 Å². The first-order valence-corrected chi connectivity index (χ1v) is 7.01. The van der Waals surface area contributed by atoms with Gasteiger partial charge in [-0.25, -0.2) is 12.7 Å². The van der Waals surface area contributed by atoms with Crippen LogP contribution >= 0.6 is 0 Å². The number of rotatable bonds is 4. The molecule has 0 spiro atoms. The molecule has 1 fully saturated rings. The van der Waals surface area contributed by atoms with Gasteiger partial charge in [-0.15, -0.1) is 0 Å². The van der Waals surface area contributed by atoms with E-state index in [0.717, 1.165) is 12.8 Å². The van der Waals surface area contributed by atoms with E-state index in [9.17, 15) is 13.2 Å². The summed E-state index contributed by atoms with van der Waals surface area (Å²) in [4.78, 5) is 11.3. The van der Waals surface area contributed by atoms with Gasteiger partial charge in [-0.1, -0.05) is 0 Å². The normalized spacial score (nSPS) is 23.0. The van der Waals surface area contributed by atoms with Crippen molar-refractivity contribution in [3.63, 3.8) is 0 Å². The van der Waals surface area contributed by atoms with E-state index in [1.165, 1.54) is 17.7 Å². The second-order valence-corrected chi connectivity index (χ2v) is 5.94. The van der Waals surface area contributed by atoms with Crippen molar-refractivity contribution in [2.75, 3.05) is 33.1 Å². The third kappa shape index (κ3) is 4.07. The van der Waals surface area contributed by atoms with Crippen molar-refractivity contribution < 1.29 is 17.9 Å². The van der Waals surface area contributed by atoms with Gasteiger partial charge in [-0.3, -0.25) is 4.79 Å². The number of nitrogens with zero attached hydrogens (tertiary/aromatic N) is 1. The van der Waals surface area contributed by atoms with E-state index in [2.05, 4.69) is 5.32 Å². The second-order valence-electron chi connectivity index (χ2n) is 3.96. The van der Waals surface area contributed by atoms with Crippen LogP contribution in [0.1, 0.15) is 12.8 Å². The number of nitrogens with one attached hydrogen (secondary N) is 1. The van der Waals surface area contributed by atoms with E-state index in [1.807, 2.05) is 0 Å². The molecule has 0 saturated carbocycles. The maximum Gasteiger partial charge on any atom is 0.246 e. The van der Waals surface area contributed by atoms with Gasteiger partial charge in [0.05, 0.1) is 6.26 Å². The van der Waals surface area contributed by atoms with Crippen LogP contribution in [0.2, 0.25) is 0 Å². The SMILES string of the molecule is COCC(=O)NC1CCCN(S(C)(=O)=O)C1. The van der Waals surface area contributed by atoms with Crippen molar-refractivity contribution >= 4 is 15.9 Å². The zero-order valence-electron chi connectivity index (χ0n) is 9.60. The summed E-state index contributed by atoms with van der Waals surface area (Å²) in [6, 6.07) is -0.105. The molecule has 1 saturated heterocycles. The Kier molecular flexibility index (Phi) is 4.69. The van der Waals surface area contributed by atoms with Crippen molar-refractivity contribution in [2.24, 2.45) is 0 Å². The minimum absolute atomic E-state index is 0.00930. The fraction of sp³-hybridized carbons (Fsp3) is 0.889. The number of methoxy groups -OCH3 is 1. The van der Waals surface area contributed by atoms with Crippen LogP contribution in [0.15, 0.2) is 0 Å². The third-order valence-electron chi connectivity index (χ3n) is 2.49. The van der Waals surface area contributed by atoms with E-state index in [1.54, 1.807) is 0 Å². The van der Waals surface area contributed by atoms with Gasteiger partial charge in [0.2, 0.25) is 15.9 Å². The van der Waals surface area contributed by atoms with Crippen molar-refractivity contribution in [3.05, 3.63) is 0 Å². The third-order valence-corrected chi connectivity index (χ3v) is 3.76. The Morgan fingerprint density at radius 1 is 1.56 bits per heavy atom. The molecular formula is C9H18N2O4S. The van der Waals surface area contributed by atoms with E-state index in [4.69, 9.17) is 4.74 Å². The molecule has 1 atom stereocenters. The molecule has 0 aromatic heterocycles. The van der Waals surface area contributed by atoms with Gasteiger partial charge in [0.15, 0.2) is 0 Å². The van der Waals surface area contributed by atoms with Crippen LogP contribution in [0.3, 0.4) is 0 Å². The maximum absolute atomic E-state index is 11.3. The Hall–Kier alpha value is -0.660. The molecule has 1 heterocycles. The number of sulfonamides is 1. The maximum atomic E-state index is 11.3. The summed E-state index contributed by atoms with van der Waals surface area (Å²) in [6.07, 6.45) is 2.76. The first kappa shape index (κ1) is 13.4. The van der Waals surface area contributed by atoms with E-state index >= 15 is 0 Å². The van der Waals surface area contributed by atoms with Crippen LogP contribution in [0.5, 0.6) is 0 Å². The second kappa shape index (κ2) is 5.60. The highest BCUT2D eigenvalue weighted by atomic mass is 32.2. The standard InChI is InChI=1S/C9H18N2O4S/c1-15-7-9(12)10-8-4-3-5-11(6-8)16(2,13)14/h8H,3-7H2,1-2H3,(H,10,12). The average Bonchev–Trinajstić information content (AvgIpc) is 2.17. The summed E-state index contributed by atoms with van der Waals surface area (Å²) in [7, 11) is -1.71. The van der Waals surface area contributed by atoms with Crippen LogP contribution < -0.4 is 5.32 Å². The number of carbonyl (C=O) groups is 1. The lowest BCUT2D eigenvalue weighted by Gasteiger charge is -2.31. The monoisotopic (exact) mass is 250 g/mol. The fourth-order valence-electron chi connectivity index (χ4n) is 1.76. The zero-order valence-corrected chi connectivity index (χ0v) is 10.4. The molecule has 0 aliphatic carbocycles. The minimum Gasteiger partial charge on any atom is -0.375 e. The quantitative estimate of drug-likeness (QED) is 0.707. The van der Waals surface area contributed by atoms with E-state index in [0.29, 0.717) is 13.1 Å². The van der Waals surface area contributed by atoms with Crippen LogP contribution in [0.4, 0.5) is 0 Å². The lowest BCUT2D eigenvalue weighted by atomic mass is 10.1. The van der Waals surface area contributed by atoms with Gasteiger partial charge in [-0.2, -0.15) is 0 Å². The molecule has 7 heteroatoms. The summed E-state index contributed by atoms with van der Waals surface area (Å²) in [6.45, 7) is 0.902. The summed E-state index contributed by atoms with van der Waals surface area (Å²) in [5.74, 6) is -0.206. The predicted octanol–water partition coefficient (Wildman–Crippen LogP) is -0.827. The number of hydrogen-bond donors (Lipinski definition) is 1. The van der Waals surface area contributed by atoms with Gasteiger partial charge in [0.25, 0.3) is 0 Å². The lowest BCUT2D eigenvalue weighted by Crippen LogP contribution is -2.49. The van der Waals surface area contributed by atoms with E-state index in [-0.39, 0.29) is 18.6 Å². The Morgan fingerprint density at radius 3 is 2.81 bits per heavy atom. The van der Waals surface area contributed by atoms with Crippen LogP contribution in [0.25, 0.3) is 0 Å². The number of ether oxygens (including phenoxy) is 1. The Balaban J connectivity index is 2.48. The molecule has 1 aliphatic rings. The zero-order chi connectivity index (χ0) is 12.2. The highest BCUT2D eigenvalue weighted by Gasteiger charge is 2.26. The number of hydrogen-bond acceptors (Lipinski definition) is 4. The molecule has 1 N–H and O–H groups in total. The molecule has 1 aliphatic heterocycles. The summed E-state index contributed by atoms with van der Waals surface area (Å²) in [5.41, 5.74) is 0. The molecule has 16 heavy (non-hydrogen) atoms. The number of carbonyl (C=O) groups excluding carboxylic acids is 1. The molecule has 0 bridgehead atoms. The molecular weight excluding hydrogens is 232 g/mol. The van der Waals surface area contributed by atoms with Gasteiger partial charge >= 0.3 is 0 Å². The highest BCUT2D eigenvalue weighted by molar-refractivity contribution is 7.88. The van der Waals surface area contributed by atoms with E-state index < -0.39 is 10.0 Å². The molecule has 0 aromatic rings. The van der Waals surface area contributed by atoms with Gasteiger partial charge in [-0.05, 0) is 12.8 Å². The van der Waals surface area contributed by atoms with Gasteiger partial charge in [0, 0.05) is 26.2 Å². The summed E-state index contributed by atoms with van der Waals surface area (Å²) in [5, 5.41) is 2.75. The lowest BCUT2D eigenvalue weighted by molar-refractivity contribution is -0.125. The highest BCUT2D eigenvalue weighted by Crippen LogP contribution is 2.12. The molecule has 1 unspecified atom stereocenters. The predicted molar refractivity (Wildman–Crippen MR) is 59.5 cm³/mol. The number of piperidine rings is 1. The van der Waals surface area contributed by atoms with Gasteiger partial charge < -0.3 is 10.1 Å².